The third-order valence-electron chi connectivity index (χ3n) is 3.00. The second-order valence-corrected chi connectivity index (χ2v) is 5.83. The molecule has 3 nitrogen and oxygen atoms in total. The van der Waals surface area contributed by atoms with E-state index in [0.29, 0.717) is 33.4 Å². The Bertz CT molecular complexity index is 810. The van der Waals surface area contributed by atoms with Gasteiger partial charge in [0.15, 0.2) is 11.5 Å². The Kier molecular flexibility index (Phi) is 5.79. The first-order valence-electron chi connectivity index (χ1n) is 6.68. The molecule has 0 saturated heterocycles. The van der Waals surface area contributed by atoms with Gasteiger partial charge in [0.2, 0.25) is 0 Å². The van der Waals surface area contributed by atoms with E-state index in [9.17, 15) is 10.4 Å². The first-order chi connectivity index (χ1) is 11.0. The first kappa shape index (κ1) is 17.5. The number of phenols is 1. The van der Waals surface area contributed by atoms with Gasteiger partial charge in [0.1, 0.15) is 0 Å². The number of nitriles is 1. The van der Waals surface area contributed by atoms with Crippen molar-refractivity contribution in [2.75, 3.05) is 6.61 Å². The molecule has 0 radical (unpaired) electrons. The van der Waals surface area contributed by atoms with Crippen molar-refractivity contribution in [2.24, 2.45) is 0 Å². The van der Waals surface area contributed by atoms with Crippen LogP contribution in [0.5, 0.6) is 11.5 Å². The molecule has 0 aromatic heterocycles. The predicted molar refractivity (Wildman–Crippen MR) is 94.2 cm³/mol. The average Bonchev–Trinajstić information content (AvgIpc) is 2.50. The molecule has 0 amide bonds. The molecule has 0 unspecified atom stereocenters. The van der Waals surface area contributed by atoms with E-state index in [1.54, 1.807) is 43.3 Å². The van der Waals surface area contributed by atoms with Crippen LogP contribution in [0.15, 0.2) is 30.3 Å². The maximum absolute atomic E-state index is 9.86. The molecule has 0 fully saturated rings. The predicted octanol–water partition coefficient (Wildman–Crippen LogP) is 5.82. The van der Waals surface area contributed by atoms with Crippen LogP contribution >= 0.6 is 34.8 Å². The summed E-state index contributed by atoms with van der Waals surface area (Å²) >= 11 is 18.0. The quantitative estimate of drug-likeness (QED) is 0.547. The van der Waals surface area contributed by atoms with Gasteiger partial charge in [-0.05, 0) is 42.8 Å². The highest BCUT2D eigenvalue weighted by molar-refractivity contribution is 6.36. The Morgan fingerprint density at radius 3 is 2.57 bits per heavy atom. The molecule has 1 N–H and O–H groups in total. The lowest BCUT2D eigenvalue weighted by atomic mass is 10.0. The van der Waals surface area contributed by atoms with Crippen molar-refractivity contribution >= 4 is 46.5 Å². The van der Waals surface area contributed by atoms with Gasteiger partial charge in [-0.15, -0.1) is 0 Å². The summed E-state index contributed by atoms with van der Waals surface area (Å²) in [6, 6.07) is 10.1. The summed E-state index contributed by atoms with van der Waals surface area (Å²) in [7, 11) is 0. The van der Waals surface area contributed by atoms with Gasteiger partial charge < -0.3 is 9.84 Å². The molecule has 6 heteroatoms. The smallest absolute Gasteiger partial charge is 0.176 e. The maximum atomic E-state index is 9.86. The van der Waals surface area contributed by atoms with Crippen LogP contribution in [-0.4, -0.2) is 11.7 Å². The minimum atomic E-state index is -0.131. The SMILES string of the molecule is CCOc1cc(/C=C(\C#N)c2ccc(Cl)cc2Cl)cc(Cl)c1O. The number of hydrogen-bond acceptors (Lipinski definition) is 3. The molecular formula is C17H12Cl3NO2. The van der Waals surface area contributed by atoms with Crippen LogP contribution in [0.2, 0.25) is 15.1 Å². The van der Waals surface area contributed by atoms with Gasteiger partial charge in [0, 0.05) is 10.6 Å². The molecule has 2 aromatic rings. The lowest BCUT2D eigenvalue weighted by Gasteiger charge is -2.09. The summed E-state index contributed by atoms with van der Waals surface area (Å²) in [6.07, 6.45) is 1.61. The molecule has 0 aliphatic rings. The summed E-state index contributed by atoms with van der Waals surface area (Å²) in [4.78, 5) is 0. The van der Waals surface area contributed by atoms with Crippen LogP contribution in [0, 0.1) is 11.3 Å². The van der Waals surface area contributed by atoms with Gasteiger partial charge in [0.05, 0.1) is 28.3 Å². The number of halogens is 3. The Morgan fingerprint density at radius 2 is 1.96 bits per heavy atom. The van der Waals surface area contributed by atoms with Crippen molar-refractivity contribution in [3.05, 3.63) is 56.5 Å². The molecule has 0 aliphatic heterocycles. The zero-order chi connectivity index (χ0) is 17.0. The van der Waals surface area contributed by atoms with Crippen LogP contribution in [0.1, 0.15) is 18.1 Å². The Hall–Kier alpha value is -1.86. The number of phenolic OH excluding ortho intramolecular Hbond substituents is 1. The van der Waals surface area contributed by atoms with Crippen molar-refractivity contribution in [3.8, 4) is 17.6 Å². The highest BCUT2D eigenvalue weighted by Gasteiger charge is 2.11. The Balaban J connectivity index is 2.52. The Labute approximate surface area is 149 Å². The highest BCUT2D eigenvalue weighted by Crippen LogP contribution is 2.37. The van der Waals surface area contributed by atoms with Gasteiger partial charge in [-0.1, -0.05) is 40.9 Å². The van der Waals surface area contributed by atoms with Gasteiger partial charge in [0.25, 0.3) is 0 Å². The molecule has 0 saturated carbocycles. The molecular weight excluding hydrogens is 357 g/mol. The van der Waals surface area contributed by atoms with Gasteiger partial charge in [-0.2, -0.15) is 5.26 Å². The summed E-state index contributed by atoms with van der Waals surface area (Å²) in [5.74, 6) is 0.124. The van der Waals surface area contributed by atoms with E-state index in [-0.39, 0.29) is 16.5 Å². The summed E-state index contributed by atoms with van der Waals surface area (Å²) in [5.41, 5.74) is 1.51. The standard InChI is InChI=1S/C17H12Cl3NO2/c1-2-23-16-7-10(6-15(20)17(16)22)5-11(9-21)13-4-3-12(18)8-14(13)19/h3-8,22H,2H2,1H3/b11-5+. The van der Waals surface area contributed by atoms with Crippen LogP contribution in [0.3, 0.4) is 0 Å². The second kappa shape index (κ2) is 7.61. The second-order valence-electron chi connectivity index (χ2n) is 4.58. The van der Waals surface area contributed by atoms with Crippen LogP contribution in [0.25, 0.3) is 11.6 Å². The number of hydrogen-bond donors (Lipinski definition) is 1. The number of allylic oxidation sites excluding steroid dienone is 1. The minimum Gasteiger partial charge on any atom is -0.503 e. The van der Waals surface area contributed by atoms with Crippen molar-refractivity contribution < 1.29 is 9.84 Å². The topological polar surface area (TPSA) is 53.2 Å². The fraction of sp³-hybridized carbons (Fsp3) is 0.118. The van der Waals surface area contributed by atoms with Gasteiger partial charge >= 0.3 is 0 Å². The first-order valence-corrected chi connectivity index (χ1v) is 7.82. The largest absolute Gasteiger partial charge is 0.503 e. The zero-order valence-electron chi connectivity index (χ0n) is 12.1. The normalized spacial score (nSPS) is 11.2. The molecule has 23 heavy (non-hydrogen) atoms. The van der Waals surface area contributed by atoms with Gasteiger partial charge in [-0.25, -0.2) is 0 Å². The number of benzene rings is 2. The Morgan fingerprint density at radius 1 is 1.22 bits per heavy atom. The van der Waals surface area contributed by atoms with Crippen molar-refractivity contribution in [1.82, 2.24) is 0 Å². The third kappa shape index (κ3) is 4.11. The summed E-state index contributed by atoms with van der Waals surface area (Å²) < 4.78 is 5.33. The van der Waals surface area contributed by atoms with E-state index < -0.39 is 0 Å². The fourth-order valence-corrected chi connectivity index (χ4v) is 2.72. The number of ether oxygens (including phenoxy) is 1. The van der Waals surface area contributed by atoms with E-state index in [1.165, 1.54) is 0 Å². The molecule has 0 heterocycles. The van der Waals surface area contributed by atoms with Crippen molar-refractivity contribution in [2.45, 2.75) is 6.92 Å². The zero-order valence-corrected chi connectivity index (χ0v) is 14.4. The fourth-order valence-electron chi connectivity index (χ4n) is 1.99. The minimum absolute atomic E-state index is 0.131. The molecule has 0 spiro atoms. The van der Waals surface area contributed by atoms with Crippen molar-refractivity contribution in [1.29, 1.82) is 5.26 Å². The highest BCUT2D eigenvalue weighted by atomic mass is 35.5. The molecule has 0 aliphatic carbocycles. The average molecular weight is 369 g/mol. The number of rotatable bonds is 4. The van der Waals surface area contributed by atoms with Crippen molar-refractivity contribution in [3.63, 3.8) is 0 Å². The maximum Gasteiger partial charge on any atom is 0.176 e. The lowest BCUT2D eigenvalue weighted by molar-refractivity contribution is 0.318. The molecule has 118 valence electrons. The van der Waals surface area contributed by atoms with E-state index in [2.05, 4.69) is 6.07 Å². The number of nitrogens with zero attached hydrogens (tertiary/aromatic N) is 1. The van der Waals surface area contributed by atoms with E-state index in [4.69, 9.17) is 39.5 Å². The van der Waals surface area contributed by atoms with Crippen LogP contribution < -0.4 is 4.74 Å². The number of aromatic hydroxyl groups is 1. The van der Waals surface area contributed by atoms with E-state index in [0.717, 1.165) is 0 Å². The molecule has 0 atom stereocenters. The van der Waals surface area contributed by atoms with Crippen LogP contribution in [-0.2, 0) is 0 Å². The molecule has 2 aromatic carbocycles. The third-order valence-corrected chi connectivity index (χ3v) is 3.84. The summed E-state index contributed by atoms with van der Waals surface area (Å²) in [5, 5.41) is 20.3. The monoisotopic (exact) mass is 367 g/mol. The van der Waals surface area contributed by atoms with Crippen LogP contribution in [0.4, 0.5) is 0 Å². The molecule has 0 bridgehead atoms. The van der Waals surface area contributed by atoms with Gasteiger partial charge in [-0.3, -0.25) is 0 Å². The van der Waals surface area contributed by atoms with E-state index >= 15 is 0 Å². The van der Waals surface area contributed by atoms with E-state index in [1.807, 2.05) is 0 Å². The lowest BCUT2D eigenvalue weighted by Crippen LogP contribution is -1.93. The summed E-state index contributed by atoms with van der Waals surface area (Å²) in [6.45, 7) is 2.18. The molecule has 2 rings (SSSR count).